The van der Waals surface area contributed by atoms with Crippen molar-refractivity contribution in [2.75, 3.05) is 6.54 Å². The van der Waals surface area contributed by atoms with Crippen LogP contribution in [-0.2, 0) is 4.79 Å². The molecule has 1 atom stereocenters. The van der Waals surface area contributed by atoms with Crippen LogP contribution in [0.4, 0.5) is 0 Å². The molecule has 0 aliphatic carbocycles. The Balaban J connectivity index is 3.78. The van der Waals surface area contributed by atoms with Crippen LogP contribution in [0.5, 0.6) is 0 Å². The SMILES string of the molecule is CCC(CCN)CCC(=O)CC(CC)CC. The maximum absolute atomic E-state index is 11.8. The number of ketones is 1. The van der Waals surface area contributed by atoms with Gasteiger partial charge >= 0.3 is 0 Å². The number of nitrogens with two attached hydrogens (primary N) is 1. The lowest BCUT2D eigenvalue weighted by Crippen LogP contribution is -2.12. The van der Waals surface area contributed by atoms with E-state index in [2.05, 4.69) is 20.8 Å². The van der Waals surface area contributed by atoms with Crippen molar-refractivity contribution >= 4 is 5.78 Å². The Morgan fingerprint density at radius 1 is 1.00 bits per heavy atom. The van der Waals surface area contributed by atoms with Crippen molar-refractivity contribution in [3.63, 3.8) is 0 Å². The number of Topliss-reactive ketones (excluding diaryl/α,β-unsaturated/α-hetero) is 1. The third-order valence-corrected chi connectivity index (χ3v) is 3.65. The summed E-state index contributed by atoms with van der Waals surface area (Å²) in [6.45, 7) is 7.28. The fourth-order valence-electron chi connectivity index (χ4n) is 2.15. The fraction of sp³-hybridized carbons (Fsp3) is 0.929. The second kappa shape index (κ2) is 9.83. The number of carbonyl (C=O) groups excluding carboxylic acids is 1. The summed E-state index contributed by atoms with van der Waals surface area (Å²) in [5.41, 5.74) is 5.55. The summed E-state index contributed by atoms with van der Waals surface area (Å²) in [6.07, 6.45) is 7.04. The summed E-state index contributed by atoms with van der Waals surface area (Å²) in [5, 5.41) is 0. The molecule has 0 aromatic heterocycles. The highest BCUT2D eigenvalue weighted by molar-refractivity contribution is 5.78. The average Bonchev–Trinajstić information content (AvgIpc) is 2.31. The molecule has 0 radical (unpaired) electrons. The van der Waals surface area contributed by atoms with Crippen LogP contribution in [0.3, 0.4) is 0 Å². The summed E-state index contributed by atoms with van der Waals surface area (Å²) in [4.78, 5) is 11.8. The van der Waals surface area contributed by atoms with Crippen molar-refractivity contribution in [1.82, 2.24) is 0 Å². The van der Waals surface area contributed by atoms with Gasteiger partial charge in [-0.25, -0.2) is 0 Å². The van der Waals surface area contributed by atoms with Crippen LogP contribution < -0.4 is 5.73 Å². The number of hydrogen-bond acceptors (Lipinski definition) is 2. The zero-order valence-corrected chi connectivity index (χ0v) is 11.3. The van der Waals surface area contributed by atoms with E-state index in [0.29, 0.717) is 17.6 Å². The first kappa shape index (κ1) is 15.6. The summed E-state index contributed by atoms with van der Waals surface area (Å²) in [6, 6.07) is 0. The molecule has 0 rings (SSSR count). The molecular weight excluding hydrogens is 198 g/mol. The third-order valence-electron chi connectivity index (χ3n) is 3.65. The van der Waals surface area contributed by atoms with Crippen molar-refractivity contribution < 1.29 is 4.79 Å². The van der Waals surface area contributed by atoms with Gasteiger partial charge in [0.1, 0.15) is 5.78 Å². The summed E-state index contributed by atoms with van der Waals surface area (Å²) in [5.74, 6) is 1.70. The second-order valence-electron chi connectivity index (χ2n) is 4.82. The van der Waals surface area contributed by atoms with Gasteiger partial charge in [-0.05, 0) is 31.2 Å². The van der Waals surface area contributed by atoms with Gasteiger partial charge in [0, 0.05) is 12.8 Å². The van der Waals surface area contributed by atoms with Gasteiger partial charge in [-0.2, -0.15) is 0 Å². The Hall–Kier alpha value is -0.370. The van der Waals surface area contributed by atoms with Crippen LogP contribution in [-0.4, -0.2) is 12.3 Å². The van der Waals surface area contributed by atoms with E-state index in [1.54, 1.807) is 0 Å². The molecule has 0 saturated carbocycles. The summed E-state index contributed by atoms with van der Waals surface area (Å²) >= 11 is 0. The molecule has 0 bridgehead atoms. The Morgan fingerprint density at radius 3 is 2.00 bits per heavy atom. The molecule has 2 nitrogen and oxygen atoms in total. The lowest BCUT2D eigenvalue weighted by atomic mass is 9.91. The van der Waals surface area contributed by atoms with E-state index in [-0.39, 0.29) is 0 Å². The van der Waals surface area contributed by atoms with Crippen molar-refractivity contribution in [1.29, 1.82) is 0 Å². The van der Waals surface area contributed by atoms with Crippen LogP contribution in [0.2, 0.25) is 0 Å². The van der Waals surface area contributed by atoms with Gasteiger partial charge in [0.05, 0.1) is 0 Å². The molecule has 0 spiro atoms. The highest BCUT2D eigenvalue weighted by Crippen LogP contribution is 2.18. The molecule has 0 heterocycles. The molecule has 0 aliphatic rings. The number of carbonyl (C=O) groups is 1. The Bertz CT molecular complexity index is 176. The van der Waals surface area contributed by atoms with Crippen molar-refractivity contribution in [3.8, 4) is 0 Å². The maximum atomic E-state index is 11.8. The van der Waals surface area contributed by atoms with Crippen LogP contribution >= 0.6 is 0 Å². The Kier molecular flexibility index (Phi) is 9.60. The van der Waals surface area contributed by atoms with Crippen LogP contribution in [0.1, 0.15) is 65.7 Å². The predicted molar refractivity (Wildman–Crippen MR) is 70.4 cm³/mol. The molecule has 1 unspecified atom stereocenters. The molecule has 0 aliphatic heterocycles. The monoisotopic (exact) mass is 227 g/mol. The molecule has 0 fully saturated rings. The van der Waals surface area contributed by atoms with Crippen LogP contribution in [0.15, 0.2) is 0 Å². The zero-order valence-electron chi connectivity index (χ0n) is 11.3. The topological polar surface area (TPSA) is 43.1 Å². The molecule has 0 amide bonds. The van der Waals surface area contributed by atoms with E-state index in [1.165, 1.54) is 0 Å². The van der Waals surface area contributed by atoms with E-state index >= 15 is 0 Å². The number of rotatable bonds is 10. The van der Waals surface area contributed by atoms with Gasteiger partial charge in [0.15, 0.2) is 0 Å². The lowest BCUT2D eigenvalue weighted by Gasteiger charge is -2.14. The number of hydrogen-bond donors (Lipinski definition) is 1. The van der Waals surface area contributed by atoms with Crippen molar-refractivity contribution in [2.24, 2.45) is 17.6 Å². The Morgan fingerprint density at radius 2 is 1.56 bits per heavy atom. The van der Waals surface area contributed by atoms with Gasteiger partial charge in [0.25, 0.3) is 0 Å². The van der Waals surface area contributed by atoms with Gasteiger partial charge in [-0.3, -0.25) is 4.79 Å². The Labute approximate surface area is 101 Å². The predicted octanol–water partition coefficient (Wildman–Crippen LogP) is 3.54. The minimum Gasteiger partial charge on any atom is -0.330 e. The van der Waals surface area contributed by atoms with E-state index < -0.39 is 0 Å². The average molecular weight is 227 g/mol. The minimum atomic E-state index is 0.448. The molecule has 0 aromatic rings. The molecule has 16 heavy (non-hydrogen) atoms. The quantitative estimate of drug-likeness (QED) is 0.620. The van der Waals surface area contributed by atoms with Crippen molar-refractivity contribution in [3.05, 3.63) is 0 Å². The second-order valence-corrected chi connectivity index (χ2v) is 4.82. The lowest BCUT2D eigenvalue weighted by molar-refractivity contribution is -0.120. The smallest absolute Gasteiger partial charge is 0.133 e. The van der Waals surface area contributed by atoms with E-state index in [0.717, 1.165) is 51.5 Å². The molecule has 0 saturated heterocycles. The molecule has 96 valence electrons. The van der Waals surface area contributed by atoms with E-state index in [1.807, 2.05) is 0 Å². The first-order chi connectivity index (χ1) is 7.67. The normalized spacial score (nSPS) is 13.1. The van der Waals surface area contributed by atoms with Gasteiger partial charge in [-0.1, -0.05) is 40.0 Å². The molecule has 0 aromatic carbocycles. The van der Waals surface area contributed by atoms with Crippen LogP contribution in [0.25, 0.3) is 0 Å². The highest BCUT2D eigenvalue weighted by atomic mass is 16.1. The first-order valence-electron chi connectivity index (χ1n) is 6.89. The van der Waals surface area contributed by atoms with Crippen molar-refractivity contribution in [2.45, 2.75) is 65.7 Å². The fourth-order valence-corrected chi connectivity index (χ4v) is 2.15. The third kappa shape index (κ3) is 7.00. The van der Waals surface area contributed by atoms with Crippen LogP contribution in [0, 0.1) is 11.8 Å². The van der Waals surface area contributed by atoms with Gasteiger partial charge < -0.3 is 5.73 Å². The highest BCUT2D eigenvalue weighted by Gasteiger charge is 2.12. The minimum absolute atomic E-state index is 0.448. The molecule has 2 heteroatoms. The van der Waals surface area contributed by atoms with Gasteiger partial charge in [0.2, 0.25) is 0 Å². The molecule has 2 N–H and O–H groups in total. The standard InChI is InChI=1S/C14H29NO/c1-4-12(5-2)11-14(16)8-7-13(6-3)9-10-15/h12-13H,4-11,15H2,1-3H3. The van der Waals surface area contributed by atoms with Gasteiger partial charge in [-0.15, -0.1) is 0 Å². The first-order valence-corrected chi connectivity index (χ1v) is 6.89. The molecular formula is C14H29NO. The summed E-state index contributed by atoms with van der Waals surface area (Å²) in [7, 11) is 0. The maximum Gasteiger partial charge on any atom is 0.133 e. The van der Waals surface area contributed by atoms with E-state index in [4.69, 9.17) is 5.73 Å². The van der Waals surface area contributed by atoms with E-state index in [9.17, 15) is 4.79 Å². The largest absolute Gasteiger partial charge is 0.330 e. The summed E-state index contributed by atoms with van der Waals surface area (Å²) < 4.78 is 0. The zero-order chi connectivity index (χ0) is 12.4.